The van der Waals surface area contributed by atoms with Gasteiger partial charge < -0.3 is 14.8 Å². The maximum atomic E-state index is 13.1. The van der Waals surface area contributed by atoms with Crippen LogP contribution < -0.4 is 20.3 Å². The molecule has 0 aliphatic heterocycles. The van der Waals surface area contributed by atoms with Crippen molar-refractivity contribution in [2.45, 2.75) is 40.2 Å². The number of hydrogen-bond acceptors (Lipinski definition) is 5. The number of nitrogens with zero attached hydrogens (tertiary/aromatic N) is 3. The molecule has 0 fully saturated rings. The van der Waals surface area contributed by atoms with Crippen molar-refractivity contribution >= 4 is 22.5 Å². The number of carbonyl (C=O) groups is 1. The highest BCUT2D eigenvalue weighted by Gasteiger charge is 2.22. The van der Waals surface area contributed by atoms with Gasteiger partial charge in [0.1, 0.15) is 6.04 Å². The van der Waals surface area contributed by atoms with Gasteiger partial charge >= 0.3 is 0 Å². The van der Waals surface area contributed by atoms with E-state index in [2.05, 4.69) is 10.3 Å². The fourth-order valence-electron chi connectivity index (χ4n) is 4.23. The first-order valence-corrected chi connectivity index (χ1v) is 11.6. The van der Waals surface area contributed by atoms with Crippen LogP contribution in [0.3, 0.4) is 0 Å². The van der Waals surface area contributed by atoms with Crippen LogP contribution >= 0.6 is 0 Å². The number of nitrogens with one attached hydrogen (secondary N) is 1. The van der Waals surface area contributed by atoms with Crippen molar-refractivity contribution in [3.05, 3.63) is 70.1 Å². The Labute approximate surface area is 198 Å². The number of para-hydroxylation sites is 1. The average Bonchev–Trinajstić information content (AvgIpc) is 3.15. The molecule has 4 rings (SSSR count). The minimum absolute atomic E-state index is 0.114. The minimum Gasteiger partial charge on any atom is -0.490 e. The van der Waals surface area contributed by atoms with E-state index >= 15 is 0 Å². The van der Waals surface area contributed by atoms with Gasteiger partial charge in [-0.3, -0.25) is 14.3 Å². The topological polar surface area (TPSA) is 86.9 Å². The summed E-state index contributed by atoms with van der Waals surface area (Å²) in [6, 6.07) is 14.5. The van der Waals surface area contributed by atoms with Gasteiger partial charge in [0.25, 0.3) is 5.56 Å². The third-order valence-electron chi connectivity index (χ3n) is 5.76. The standard InChI is InChI=1S/C26H30N4O4/c1-5-33-22-12-11-19(16-23(22)34-6-2)13-14-27-26(32)18(4)30-21-10-8-7-9-20(21)25-28-24(31)15-17(3)29(25)30/h7-12,15-16,18H,5-6,13-14H2,1-4H3,(H,27,32)/t18-/m0/s1. The molecule has 2 aromatic heterocycles. The van der Waals surface area contributed by atoms with E-state index in [0.29, 0.717) is 37.6 Å². The number of amides is 1. The second-order valence-electron chi connectivity index (χ2n) is 8.10. The maximum Gasteiger partial charge on any atom is 0.273 e. The minimum atomic E-state index is -0.510. The van der Waals surface area contributed by atoms with Crippen molar-refractivity contribution < 1.29 is 14.3 Å². The zero-order valence-corrected chi connectivity index (χ0v) is 20.0. The Morgan fingerprint density at radius 1 is 1.06 bits per heavy atom. The number of benzene rings is 2. The Morgan fingerprint density at radius 3 is 2.56 bits per heavy atom. The number of carbonyl (C=O) groups excluding carboxylic acids is 1. The van der Waals surface area contributed by atoms with Gasteiger partial charge in [-0.15, -0.1) is 0 Å². The number of ether oxygens (including phenoxy) is 2. The van der Waals surface area contributed by atoms with Crippen molar-refractivity contribution in [3.63, 3.8) is 0 Å². The molecule has 0 bridgehead atoms. The van der Waals surface area contributed by atoms with Gasteiger partial charge in [0.2, 0.25) is 5.91 Å². The average molecular weight is 463 g/mol. The molecule has 0 aliphatic carbocycles. The predicted octanol–water partition coefficient (Wildman–Crippen LogP) is 3.67. The Balaban J connectivity index is 1.54. The molecule has 8 heteroatoms. The summed E-state index contributed by atoms with van der Waals surface area (Å²) in [5, 5.41) is 3.88. The molecule has 0 aliphatic rings. The number of rotatable bonds is 9. The SMILES string of the molecule is CCOc1ccc(CCNC(=O)[C@H](C)n2c3ccccc3c3nc(=O)cc(C)n32)cc1OCC. The summed E-state index contributed by atoms with van der Waals surface area (Å²) in [5.41, 5.74) is 2.88. The Kier molecular flexibility index (Phi) is 6.86. The van der Waals surface area contributed by atoms with E-state index in [0.717, 1.165) is 27.9 Å². The monoisotopic (exact) mass is 462 g/mol. The van der Waals surface area contributed by atoms with E-state index in [1.54, 1.807) is 0 Å². The van der Waals surface area contributed by atoms with Crippen LogP contribution in [0.2, 0.25) is 0 Å². The van der Waals surface area contributed by atoms with Gasteiger partial charge in [0.05, 0.1) is 18.7 Å². The third kappa shape index (κ3) is 4.48. The van der Waals surface area contributed by atoms with E-state index < -0.39 is 6.04 Å². The lowest BCUT2D eigenvalue weighted by Crippen LogP contribution is -2.34. The molecule has 4 aromatic rings. The van der Waals surface area contributed by atoms with E-state index in [-0.39, 0.29) is 11.5 Å². The summed E-state index contributed by atoms with van der Waals surface area (Å²) < 4.78 is 15.1. The van der Waals surface area contributed by atoms with Crippen LogP contribution in [0.25, 0.3) is 16.6 Å². The maximum absolute atomic E-state index is 13.1. The molecule has 2 aromatic carbocycles. The summed E-state index contributed by atoms with van der Waals surface area (Å²) in [5.74, 6) is 1.32. The first kappa shape index (κ1) is 23.4. The summed E-state index contributed by atoms with van der Waals surface area (Å²) in [4.78, 5) is 29.4. The molecule has 1 amide bonds. The van der Waals surface area contributed by atoms with Gasteiger partial charge in [0.15, 0.2) is 17.1 Å². The molecule has 0 saturated heterocycles. The van der Waals surface area contributed by atoms with E-state index in [4.69, 9.17) is 9.47 Å². The molecule has 0 spiro atoms. The number of aryl methyl sites for hydroxylation is 1. The molecular weight excluding hydrogens is 432 g/mol. The van der Waals surface area contributed by atoms with Crippen molar-refractivity contribution in [2.75, 3.05) is 19.8 Å². The van der Waals surface area contributed by atoms with Crippen LogP contribution in [0, 0.1) is 6.92 Å². The highest BCUT2D eigenvalue weighted by atomic mass is 16.5. The normalized spacial score (nSPS) is 12.1. The number of fused-ring (bicyclic) bond motifs is 3. The van der Waals surface area contributed by atoms with E-state index in [1.807, 2.05) is 79.4 Å². The summed E-state index contributed by atoms with van der Waals surface area (Å²) in [6.45, 7) is 9.17. The molecule has 0 unspecified atom stereocenters. The molecule has 1 atom stereocenters. The Morgan fingerprint density at radius 2 is 1.79 bits per heavy atom. The lowest BCUT2D eigenvalue weighted by molar-refractivity contribution is -0.124. The van der Waals surface area contributed by atoms with Gasteiger partial charge in [0, 0.05) is 23.7 Å². The summed E-state index contributed by atoms with van der Waals surface area (Å²) >= 11 is 0. The quantitative estimate of drug-likeness (QED) is 0.410. The van der Waals surface area contributed by atoms with Crippen LogP contribution in [0.1, 0.15) is 38.1 Å². The highest BCUT2D eigenvalue weighted by Crippen LogP contribution is 2.29. The molecule has 178 valence electrons. The van der Waals surface area contributed by atoms with E-state index in [1.165, 1.54) is 6.07 Å². The van der Waals surface area contributed by atoms with Crippen LogP contribution in [-0.4, -0.2) is 39.8 Å². The van der Waals surface area contributed by atoms with Gasteiger partial charge in [-0.1, -0.05) is 18.2 Å². The molecule has 8 nitrogen and oxygen atoms in total. The van der Waals surface area contributed by atoms with Gasteiger partial charge in [-0.05, 0) is 63.9 Å². The van der Waals surface area contributed by atoms with Crippen LogP contribution in [0.4, 0.5) is 0 Å². The second-order valence-corrected chi connectivity index (χ2v) is 8.10. The Hall–Kier alpha value is -3.81. The van der Waals surface area contributed by atoms with Crippen molar-refractivity contribution in [2.24, 2.45) is 0 Å². The third-order valence-corrected chi connectivity index (χ3v) is 5.76. The summed E-state index contributed by atoms with van der Waals surface area (Å²) in [7, 11) is 0. The first-order valence-electron chi connectivity index (χ1n) is 11.6. The Bertz CT molecular complexity index is 1390. The first-order chi connectivity index (χ1) is 16.4. The number of aromatic nitrogens is 3. The molecule has 34 heavy (non-hydrogen) atoms. The molecule has 0 saturated carbocycles. The molecule has 2 heterocycles. The van der Waals surface area contributed by atoms with Crippen LogP contribution in [0.15, 0.2) is 53.3 Å². The van der Waals surface area contributed by atoms with Crippen molar-refractivity contribution in [1.29, 1.82) is 0 Å². The largest absolute Gasteiger partial charge is 0.490 e. The van der Waals surface area contributed by atoms with Crippen molar-refractivity contribution in [3.8, 4) is 11.5 Å². The predicted molar refractivity (Wildman–Crippen MR) is 132 cm³/mol. The van der Waals surface area contributed by atoms with Gasteiger partial charge in [-0.25, -0.2) is 4.52 Å². The van der Waals surface area contributed by atoms with Gasteiger partial charge in [-0.2, -0.15) is 4.98 Å². The molecular formula is C26H30N4O4. The van der Waals surface area contributed by atoms with Crippen LogP contribution in [0.5, 0.6) is 11.5 Å². The van der Waals surface area contributed by atoms with E-state index in [9.17, 15) is 9.59 Å². The lowest BCUT2D eigenvalue weighted by atomic mass is 10.1. The smallest absolute Gasteiger partial charge is 0.273 e. The zero-order chi connectivity index (χ0) is 24.2. The second kappa shape index (κ2) is 9.99. The molecule has 0 radical (unpaired) electrons. The highest BCUT2D eigenvalue weighted by molar-refractivity contribution is 5.94. The number of hydrogen-bond donors (Lipinski definition) is 1. The fraction of sp³-hybridized carbons (Fsp3) is 0.346. The zero-order valence-electron chi connectivity index (χ0n) is 20.0. The summed E-state index contributed by atoms with van der Waals surface area (Å²) in [6.07, 6.45) is 0.658. The lowest BCUT2D eigenvalue weighted by Gasteiger charge is -2.18. The molecule has 1 N–H and O–H groups in total. The van der Waals surface area contributed by atoms with Crippen molar-refractivity contribution in [1.82, 2.24) is 19.5 Å². The van der Waals surface area contributed by atoms with Crippen LogP contribution in [-0.2, 0) is 11.2 Å². The fourth-order valence-corrected chi connectivity index (χ4v) is 4.23.